The number of nitrogens with zero attached hydrogens (tertiary/aromatic N) is 5. The number of amides is 3. The number of rotatable bonds is 7. The molecule has 1 saturated carbocycles. The Morgan fingerprint density at radius 1 is 1.10 bits per heavy atom. The number of aliphatic hydroxyl groups is 1. The Bertz CT molecular complexity index is 1430. The Hall–Kier alpha value is -3.84. The lowest BCUT2D eigenvalue weighted by Crippen LogP contribution is -2.57. The second kappa shape index (κ2) is 11.2. The zero-order valence-corrected chi connectivity index (χ0v) is 24.0. The highest BCUT2D eigenvalue weighted by atomic mass is 19.1. The summed E-state index contributed by atoms with van der Waals surface area (Å²) >= 11 is 0. The lowest BCUT2D eigenvalue weighted by molar-refractivity contribution is -0.155. The van der Waals surface area contributed by atoms with Crippen molar-refractivity contribution in [3.63, 3.8) is 0 Å². The molecule has 2 bridgehead atoms. The van der Waals surface area contributed by atoms with E-state index in [1.807, 2.05) is 11.9 Å². The molecule has 3 amide bonds. The van der Waals surface area contributed by atoms with E-state index in [9.17, 15) is 33.8 Å². The average molecular weight is 573 g/mol. The van der Waals surface area contributed by atoms with E-state index >= 15 is 0 Å². The van der Waals surface area contributed by atoms with Gasteiger partial charge in [-0.25, -0.2) is 9.37 Å². The van der Waals surface area contributed by atoms with Crippen molar-refractivity contribution in [2.75, 3.05) is 41.3 Å². The molecule has 3 heterocycles. The molecule has 3 N–H and O–H groups in total. The second-order valence-electron chi connectivity index (χ2n) is 11.3. The topological polar surface area (TPSA) is 148 Å². The van der Waals surface area contributed by atoms with Gasteiger partial charge in [0.05, 0.1) is 6.61 Å². The highest BCUT2D eigenvalue weighted by Crippen LogP contribution is 2.50. The fourth-order valence-corrected chi connectivity index (χ4v) is 6.00. The van der Waals surface area contributed by atoms with Crippen molar-refractivity contribution < 1.29 is 29.0 Å². The minimum Gasteiger partial charge on any atom is -0.501 e. The molecule has 0 unspecified atom stereocenters. The molecule has 0 radical (unpaired) electrons. The second-order valence-corrected chi connectivity index (χ2v) is 11.3. The molecule has 2 aromatic rings. The fraction of sp³-hybridized carbons (Fsp3) is 0.536. The third-order valence-corrected chi connectivity index (χ3v) is 8.69. The average Bonchev–Trinajstić information content (AvgIpc) is 3.19. The monoisotopic (exact) mass is 572 g/mol. The number of aromatic nitrogens is 2. The summed E-state index contributed by atoms with van der Waals surface area (Å²) in [5.41, 5.74) is -2.12. The molecule has 1 aliphatic carbocycles. The van der Waals surface area contributed by atoms with E-state index in [1.54, 1.807) is 13.0 Å². The van der Waals surface area contributed by atoms with Crippen LogP contribution in [0.25, 0.3) is 0 Å². The number of benzene rings is 1. The number of halogens is 1. The maximum atomic E-state index is 13.7. The van der Waals surface area contributed by atoms with Gasteiger partial charge in [-0.05, 0) is 56.8 Å². The Morgan fingerprint density at radius 3 is 2.34 bits per heavy atom. The van der Waals surface area contributed by atoms with Crippen LogP contribution >= 0.6 is 0 Å². The van der Waals surface area contributed by atoms with Crippen LogP contribution in [0.3, 0.4) is 0 Å². The van der Waals surface area contributed by atoms with Crippen molar-refractivity contribution in [1.29, 1.82) is 0 Å². The number of hydrogen-bond acceptors (Lipinski definition) is 8. The molecule has 0 saturated heterocycles. The number of fused-ring (bicyclic) bond motifs is 2. The third kappa shape index (κ3) is 5.19. The first-order valence-electron chi connectivity index (χ1n) is 13.5. The van der Waals surface area contributed by atoms with Gasteiger partial charge in [-0.3, -0.25) is 28.6 Å². The van der Waals surface area contributed by atoms with Crippen molar-refractivity contribution >= 4 is 17.7 Å². The van der Waals surface area contributed by atoms with E-state index in [1.165, 1.54) is 47.6 Å². The van der Waals surface area contributed by atoms with Crippen molar-refractivity contribution in [2.24, 2.45) is 0 Å². The van der Waals surface area contributed by atoms with E-state index in [0.29, 0.717) is 43.4 Å². The number of hydrogen-bond donors (Lipinski definition) is 3. The molecule has 1 aromatic heterocycles. The molecule has 3 aliphatic rings. The Kier molecular flexibility index (Phi) is 8.23. The van der Waals surface area contributed by atoms with E-state index in [2.05, 4.69) is 10.3 Å². The van der Waals surface area contributed by atoms with Crippen LogP contribution in [0.15, 0.2) is 23.0 Å². The van der Waals surface area contributed by atoms with Crippen molar-refractivity contribution in [1.82, 2.24) is 29.6 Å². The Morgan fingerprint density at radius 2 is 1.76 bits per heavy atom. The van der Waals surface area contributed by atoms with Crippen LogP contribution in [-0.4, -0.2) is 99.1 Å². The highest BCUT2D eigenvalue weighted by Gasteiger charge is 2.55. The smallest absolute Gasteiger partial charge is 0.312 e. The molecule has 0 spiro atoms. The minimum atomic E-state index is -1.21. The summed E-state index contributed by atoms with van der Waals surface area (Å²) in [7, 11) is 6.26. The van der Waals surface area contributed by atoms with Gasteiger partial charge in [0.25, 0.3) is 11.5 Å². The summed E-state index contributed by atoms with van der Waals surface area (Å²) in [6.45, 7) is 1.94. The molecule has 0 atom stereocenters. The van der Waals surface area contributed by atoms with Gasteiger partial charge in [-0.15, -0.1) is 0 Å². The van der Waals surface area contributed by atoms with Crippen LogP contribution < -0.4 is 10.9 Å². The molecule has 1 aromatic carbocycles. The van der Waals surface area contributed by atoms with Crippen LogP contribution in [0, 0.1) is 12.7 Å². The van der Waals surface area contributed by atoms with E-state index in [4.69, 9.17) is 0 Å². The highest BCUT2D eigenvalue weighted by molar-refractivity contribution is 6.34. The van der Waals surface area contributed by atoms with Gasteiger partial charge in [0.15, 0.2) is 5.69 Å². The molecule has 1 fully saturated rings. The summed E-state index contributed by atoms with van der Waals surface area (Å²) in [6, 6.07) is 4.38. The number of carbonyl (C=O) groups is 3. The van der Waals surface area contributed by atoms with E-state index in [0.717, 1.165) is 0 Å². The number of carbonyl (C=O) groups excluding carboxylic acids is 3. The van der Waals surface area contributed by atoms with Crippen molar-refractivity contribution in [2.45, 2.75) is 56.8 Å². The van der Waals surface area contributed by atoms with Gasteiger partial charge in [-0.2, -0.15) is 0 Å². The van der Waals surface area contributed by atoms with Gasteiger partial charge < -0.3 is 25.3 Å². The predicted molar refractivity (Wildman–Crippen MR) is 147 cm³/mol. The summed E-state index contributed by atoms with van der Waals surface area (Å²) in [4.78, 5) is 61.9. The summed E-state index contributed by atoms with van der Waals surface area (Å²) < 4.78 is 15.0. The van der Waals surface area contributed by atoms with E-state index in [-0.39, 0.29) is 31.3 Å². The first kappa shape index (κ1) is 30.1. The minimum absolute atomic E-state index is 0.00454. The van der Waals surface area contributed by atoms with E-state index < -0.39 is 45.8 Å². The number of aromatic hydroxyl groups is 1. The molecular weight excluding hydrogens is 535 g/mol. The Balaban J connectivity index is 1.81. The summed E-state index contributed by atoms with van der Waals surface area (Å²) in [5.74, 6) is -3.46. The molecule has 5 rings (SSSR count). The van der Waals surface area contributed by atoms with Gasteiger partial charge in [0.1, 0.15) is 17.2 Å². The zero-order chi connectivity index (χ0) is 30.3. The van der Waals surface area contributed by atoms with Gasteiger partial charge >= 0.3 is 11.8 Å². The lowest BCUT2D eigenvalue weighted by atomic mass is 9.71. The summed E-state index contributed by atoms with van der Waals surface area (Å²) in [5, 5.41) is 23.1. The molecular formula is C28H37FN6O6. The van der Waals surface area contributed by atoms with Gasteiger partial charge in [-0.1, -0.05) is 12.1 Å². The number of nitrogens with one attached hydrogen (secondary N) is 1. The molecule has 41 heavy (non-hydrogen) atoms. The third-order valence-electron chi connectivity index (χ3n) is 8.69. The number of aryl methyl sites for hydroxylation is 1. The van der Waals surface area contributed by atoms with Crippen LogP contribution in [0.1, 0.15) is 53.1 Å². The quantitative estimate of drug-likeness (QED) is 0.402. The largest absolute Gasteiger partial charge is 0.501 e. The first-order valence-corrected chi connectivity index (χ1v) is 13.5. The maximum absolute atomic E-state index is 13.7. The lowest BCUT2D eigenvalue weighted by Gasteiger charge is -2.49. The van der Waals surface area contributed by atoms with Crippen molar-refractivity contribution in [3.05, 3.63) is 57.0 Å². The molecule has 222 valence electrons. The van der Waals surface area contributed by atoms with Crippen molar-refractivity contribution in [3.8, 4) is 5.75 Å². The first-order chi connectivity index (χ1) is 19.3. The fourth-order valence-electron chi connectivity index (χ4n) is 6.00. The standard InChI is InChI=1S/C28H37FN6O6/c1-17-14-18(6-7-19(17)29)15-30-22(38)20-21(37)23(39)35-16-27(33(4)12-13-36)8-10-28(11-9-27,26(35)31-20)34(5)25(41)24(40)32(2)3/h6-7,14,36-37H,8-13,15-16H2,1-5H3,(H,30,38). The predicted octanol–water partition coefficient (Wildman–Crippen LogP) is 0.319. The molecule has 12 nitrogen and oxygen atoms in total. The van der Waals surface area contributed by atoms with Gasteiger partial charge in [0.2, 0.25) is 5.75 Å². The SMILES string of the molecule is Cc1cc(CNC(=O)c2nc3n(c(=O)c2O)CC2(N(C)CCO)CCC3(N(C)C(=O)C(=O)N(C)C)CC2)ccc1F. The maximum Gasteiger partial charge on any atom is 0.312 e. The molecule has 13 heteroatoms. The normalized spacial score (nSPS) is 21.3. The Labute approximate surface area is 237 Å². The van der Waals surface area contributed by atoms with Crippen LogP contribution in [0.5, 0.6) is 5.75 Å². The van der Waals surface area contributed by atoms with Crippen LogP contribution in [-0.2, 0) is 28.2 Å². The van der Waals surface area contributed by atoms with Crippen LogP contribution in [0.2, 0.25) is 0 Å². The van der Waals surface area contributed by atoms with Crippen LogP contribution in [0.4, 0.5) is 4.39 Å². The number of likely N-dealkylation sites (N-methyl/N-ethyl adjacent to an activating group) is 3. The van der Waals surface area contributed by atoms with Gasteiger partial charge in [0, 0.05) is 46.3 Å². The zero-order valence-electron chi connectivity index (χ0n) is 24.0. The number of aliphatic hydroxyl groups excluding tert-OH is 1. The number of β-amino-alcohol motifs (C(OH)–C–C–N with tert-alkyl or cyclic N) is 1. The summed E-state index contributed by atoms with van der Waals surface area (Å²) in [6.07, 6.45) is 1.68. The molecule has 2 aliphatic heterocycles.